The Morgan fingerprint density at radius 1 is 1.00 bits per heavy atom. The van der Waals surface area contributed by atoms with E-state index < -0.39 is 35.3 Å². The number of nitrogens with zero attached hydrogens (tertiary/aromatic N) is 5. The van der Waals surface area contributed by atoms with Crippen LogP contribution in [0, 0.1) is 0 Å². The van der Waals surface area contributed by atoms with Gasteiger partial charge < -0.3 is 15.0 Å². The van der Waals surface area contributed by atoms with E-state index in [0.717, 1.165) is 6.07 Å². The van der Waals surface area contributed by atoms with Crippen LogP contribution in [0.15, 0.2) is 94.5 Å². The summed E-state index contributed by atoms with van der Waals surface area (Å²) in [6.45, 7) is 3.05. The fraction of sp³-hybridized carbons (Fsp3) is 0.243. The summed E-state index contributed by atoms with van der Waals surface area (Å²) < 4.78 is 49.2. The summed E-state index contributed by atoms with van der Waals surface area (Å²) in [5, 5.41) is 2.90. The third-order valence-electron chi connectivity index (χ3n) is 8.69. The van der Waals surface area contributed by atoms with Crippen molar-refractivity contribution < 1.29 is 32.3 Å². The lowest BCUT2D eigenvalue weighted by molar-refractivity contribution is -0.138. The zero-order valence-corrected chi connectivity index (χ0v) is 29.6. The highest BCUT2D eigenvalue weighted by Crippen LogP contribution is 2.36. The molecule has 2 amide bonds. The van der Waals surface area contributed by atoms with Gasteiger partial charge in [-0.3, -0.25) is 23.5 Å². The number of ketones is 1. The second-order valence-electron chi connectivity index (χ2n) is 12.1. The van der Waals surface area contributed by atoms with Crippen molar-refractivity contribution in [1.82, 2.24) is 29.3 Å². The van der Waals surface area contributed by atoms with Gasteiger partial charge in [0.25, 0.3) is 11.8 Å². The van der Waals surface area contributed by atoms with Crippen molar-refractivity contribution >= 4 is 33.5 Å². The Kier molecular flexibility index (Phi) is 10.4. The highest BCUT2D eigenvalue weighted by Gasteiger charge is 2.37. The van der Waals surface area contributed by atoms with E-state index in [1.165, 1.54) is 26.2 Å². The van der Waals surface area contributed by atoms with Crippen LogP contribution in [0.1, 0.15) is 57.9 Å². The Bertz CT molecular complexity index is 2200. The van der Waals surface area contributed by atoms with Crippen LogP contribution in [0.25, 0.3) is 17.1 Å². The number of benzene rings is 3. The van der Waals surface area contributed by atoms with Crippen LogP contribution in [0.5, 0.6) is 5.75 Å². The van der Waals surface area contributed by atoms with Crippen LogP contribution in [0.2, 0.25) is 0 Å². The molecule has 6 rings (SSSR count). The average Bonchev–Trinajstić information content (AvgIpc) is 3.43. The summed E-state index contributed by atoms with van der Waals surface area (Å²) in [7, 11) is 0. The van der Waals surface area contributed by atoms with Gasteiger partial charge in [0, 0.05) is 53.5 Å². The predicted octanol–water partition coefficient (Wildman–Crippen LogP) is 6.21. The van der Waals surface area contributed by atoms with Gasteiger partial charge in [-0.05, 0) is 61.0 Å². The first-order chi connectivity index (χ1) is 24.9. The second-order valence-corrected chi connectivity index (χ2v) is 12.9. The molecule has 0 saturated heterocycles. The lowest BCUT2D eigenvalue weighted by Crippen LogP contribution is -2.47. The van der Waals surface area contributed by atoms with Crippen molar-refractivity contribution in [2.24, 2.45) is 0 Å². The fourth-order valence-corrected chi connectivity index (χ4v) is 6.42. The normalized spacial score (nSPS) is 14.1. The minimum atomic E-state index is -4.71. The van der Waals surface area contributed by atoms with Gasteiger partial charge in [-0.2, -0.15) is 13.2 Å². The molecule has 268 valence electrons. The lowest BCUT2D eigenvalue weighted by atomic mass is 10.1. The number of amides is 2. The second kappa shape index (κ2) is 15.0. The van der Waals surface area contributed by atoms with Crippen molar-refractivity contribution in [3.63, 3.8) is 0 Å². The number of hydrogen-bond donors (Lipinski definition) is 1. The van der Waals surface area contributed by atoms with E-state index in [1.807, 2.05) is 18.2 Å². The van der Waals surface area contributed by atoms with Gasteiger partial charge in [0.1, 0.15) is 18.1 Å². The number of aromatic nitrogens is 4. The van der Waals surface area contributed by atoms with E-state index >= 15 is 0 Å². The maximum atomic E-state index is 14.2. The summed E-state index contributed by atoms with van der Waals surface area (Å²) in [6.07, 6.45) is -1.18. The molecule has 0 saturated carbocycles. The number of carbonyl (C=O) groups is 3. The summed E-state index contributed by atoms with van der Waals surface area (Å²) in [6, 6.07) is 17.9. The standard InChI is InChI=1S/C37H32BrF3N6O5/c1-3-26(48)21-52-27-12-10-25(11-13-27)47-32(34(49)44-18-24-7-4-5-8-28(24)33-42-15-6-16-43-33)31-20-45(22(2)19-46(31)36(47)51)35(50)23-9-14-30(38)29(17-23)37(39,40)41/h4-17,22H,3,18-21H2,1-2H3,(H,44,49)/t22-/m0/s1. The first-order valence-corrected chi connectivity index (χ1v) is 17.1. The molecular weight excluding hydrogens is 745 g/mol. The van der Waals surface area contributed by atoms with Crippen molar-refractivity contribution in [3.05, 3.63) is 128 Å². The number of ether oxygens (including phenoxy) is 1. The van der Waals surface area contributed by atoms with Gasteiger partial charge in [-0.25, -0.2) is 14.8 Å². The fourth-order valence-electron chi connectivity index (χ4n) is 5.95. The maximum Gasteiger partial charge on any atom is 0.417 e. The molecule has 3 aromatic carbocycles. The van der Waals surface area contributed by atoms with Crippen molar-refractivity contribution in [2.45, 2.75) is 52.1 Å². The van der Waals surface area contributed by atoms with Crippen molar-refractivity contribution in [2.75, 3.05) is 6.61 Å². The Balaban J connectivity index is 1.38. The number of hydrogen-bond acceptors (Lipinski definition) is 7. The number of imidazole rings is 1. The lowest BCUT2D eigenvalue weighted by Gasteiger charge is -2.34. The first kappa shape index (κ1) is 36.2. The van der Waals surface area contributed by atoms with Gasteiger partial charge in [-0.1, -0.05) is 47.1 Å². The van der Waals surface area contributed by atoms with Gasteiger partial charge in [-0.15, -0.1) is 0 Å². The molecule has 0 bridgehead atoms. The molecule has 2 aromatic heterocycles. The van der Waals surface area contributed by atoms with E-state index in [9.17, 15) is 32.3 Å². The number of nitrogens with one attached hydrogen (secondary N) is 1. The van der Waals surface area contributed by atoms with Crippen molar-refractivity contribution in [3.8, 4) is 22.8 Å². The number of fused-ring (bicyclic) bond motifs is 1. The Labute approximate surface area is 304 Å². The number of alkyl halides is 3. The number of halogens is 4. The molecule has 1 aliphatic rings. The molecule has 0 aliphatic carbocycles. The molecule has 15 heteroatoms. The van der Waals surface area contributed by atoms with Crippen LogP contribution in [0.4, 0.5) is 13.2 Å². The Hall–Kier alpha value is -5.57. The molecule has 0 spiro atoms. The van der Waals surface area contributed by atoms with Gasteiger partial charge in [0.05, 0.1) is 23.5 Å². The molecule has 52 heavy (non-hydrogen) atoms. The summed E-state index contributed by atoms with van der Waals surface area (Å²) >= 11 is 2.91. The summed E-state index contributed by atoms with van der Waals surface area (Å²) in [5.41, 5.74) is 0.121. The average molecular weight is 778 g/mol. The van der Waals surface area contributed by atoms with Crippen LogP contribution in [-0.2, 0) is 30.6 Å². The number of Topliss-reactive ketones (excluding diaryl/α,β-unsaturated/α-hetero) is 1. The van der Waals surface area contributed by atoms with E-state index in [2.05, 4.69) is 31.2 Å². The molecule has 1 N–H and O–H groups in total. The zero-order valence-electron chi connectivity index (χ0n) is 28.0. The van der Waals surface area contributed by atoms with Gasteiger partial charge in [0.2, 0.25) is 0 Å². The zero-order chi connectivity index (χ0) is 37.2. The van der Waals surface area contributed by atoms with Crippen LogP contribution < -0.4 is 15.7 Å². The monoisotopic (exact) mass is 776 g/mol. The molecule has 0 fully saturated rings. The van der Waals surface area contributed by atoms with Gasteiger partial charge in [0.15, 0.2) is 11.6 Å². The van der Waals surface area contributed by atoms with Gasteiger partial charge >= 0.3 is 11.9 Å². The van der Waals surface area contributed by atoms with Crippen LogP contribution in [0.3, 0.4) is 0 Å². The molecule has 1 aliphatic heterocycles. The number of rotatable bonds is 10. The quantitative estimate of drug-likeness (QED) is 0.179. The minimum absolute atomic E-state index is 0.0235. The van der Waals surface area contributed by atoms with E-state index in [0.29, 0.717) is 34.8 Å². The molecule has 11 nitrogen and oxygen atoms in total. The highest BCUT2D eigenvalue weighted by atomic mass is 79.9. The third kappa shape index (κ3) is 7.40. The minimum Gasteiger partial charge on any atom is -0.486 e. The van der Waals surface area contributed by atoms with E-state index in [1.54, 1.807) is 62.6 Å². The summed E-state index contributed by atoms with van der Waals surface area (Å²) in [4.78, 5) is 63.9. The molecule has 5 aromatic rings. The molecule has 1 atom stereocenters. The Morgan fingerprint density at radius 2 is 1.71 bits per heavy atom. The summed E-state index contributed by atoms with van der Waals surface area (Å²) in [5.74, 6) is -0.577. The van der Waals surface area contributed by atoms with E-state index in [4.69, 9.17) is 4.74 Å². The van der Waals surface area contributed by atoms with Crippen molar-refractivity contribution in [1.29, 1.82) is 0 Å². The SMILES string of the molecule is CCC(=O)COc1ccc(-n2c(C(=O)NCc3ccccc3-c3ncccn3)c3n(c2=O)C[C@H](C)N(C(=O)c2ccc(Br)c(C(F)(F)F)c2)C3)cc1. The maximum absolute atomic E-state index is 14.2. The highest BCUT2D eigenvalue weighted by molar-refractivity contribution is 9.10. The predicted molar refractivity (Wildman–Crippen MR) is 188 cm³/mol. The molecule has 3 heterocycles. The van der Waals surface area contributed by atoms with Crippen LogP contribution >= 0.6 is 15.9 Å². The number of carbonyl (C=O) groups excluding carboxylic acids is 3. The smallest absolute Gasteiger partial charge is 0.417 e. The Morgan fingerprint density at radius 3 is 2.40 bits per heavy atom. The molecular formula is C37H32BrF3N6O5. The topological polar surface area (TPSA) is 128 Å². The van der Waals surface area contributed by atoms with E-state index in [-0.39, 0.29) is 53.4 Å². The third-order valence-corrected chi connectivity index (χ3v) is 9.38. The van der Waals surface area contributed by atoms with Crippen LogP contribution in [-0.4, -0.2) is 54.2 Å². The first-order valence-electron chi connectivity index (χ1n) is 16.3. The molecule has 0 radical (unpaired) electrons. The molecule has 0 unspecified atom stereocenters. The largest absolute Gasteiger partial charge is 0.486 e.